The largest absolute Gasteiger partial charge is 0.331 e. The van der Waals surface area contributed by atoms with Crippen LogP contribution in [0, 0.1) is 11.8 Å². The first-order chi connectivity index (χ1) is 8.52. The van der Waals surface area contributed by atoms with Crippen molar-refractivity contribution in [2.75, 3.05) is 11.5 Å². The Balaban J connectivity index is 2.20. The lowest BCUT2D eigenvalue weighted by Gasteiger charge is -2.38. The molecule has 2 fully saturated rings. The molecule has 2 rings (SSSR count). The highest BCUT2D eigenvalue weighted by molar-refractivity contribution is 7.99. The van der Waals surface area contributed by atoms with E-state index >= 15 is 0 Å². The summed E-state index contributed by atoms with van der Waals surface area (Å²) in [5.41, 5.74) is 0. The molecule has 2 aliphatic rings. The van der Waals surface area contributed by atoms with Crippen LogP contribution < -0.4 is 5.32 Å². The first kappa shape index (κ1) is 13.4. The van der Waals surface area contributed by atoms with Gasteiger partial charge >= 0.3 is 6.03 Å². The number of barbiturate groups is 1. The number of hydrogen-bond donors (Lipinski definition) is 1. The molecule has 0 aliphatic carbocycles. The molecule has 0 spiro atoms. The third kappa shape index (κ3) is 2.39. The molecular weight excluding hydrogens is 252 g/mol. The van der Waals surface area contributed by atoms with Gasteiger partial charge in [0.1, 0.15) is 5.92 Å². The van der Waals surface area contributed by atoms with Gasteiger partial charge in [0.25, 0.3) is 0 Å². The Morgan fingerprint density at radius 1 is 1.33 bits per heavy atom. The number of nitrogens with one attached hydrogen (secondary N) is 1. The average molecular weight is 270 g/mol. The molecule has 2 heterocycles. The summed E-state index contributed by atoms with van der Waals surface area (Å²) in [4.78, 5) is 37.1. The predicted molar refractivity (Wildman–Crippen MR) is 69.1 cm³/mol. The molecule has 2 unspecified atom stereocenters. The molecule has 0 aromatic rings. The smallest absolute Gasteiger partial charge is 0.277 e. The number of imide groups is 2. The van der Waals surface area contributed by atoms with E-state index in [0.717, 1.165) is 24.3 Å². The number of thioether (sulfide) groups is 1. The lowest BCUT2D eigenvalue weighted by molar-refractivity contribution is -0.145. The Labute approximate surface area is 111 Å². The fraction of sp³-hybridized carbons (Fsp3) is 0.750. The van der Waals surface area contributed by atoms with Crippen LogP contribution in [0.4, 0.5) is 4.79 Å². The highest BCUT2D eigenvalue weighted by Crippen LogP contribution is 2.27. The average Bonchev–Trinajstić information content (AvgIpc) is 2.28. The Morgan fingerprint density at radius 3 is 2.61 bits per heavy atom. The lowest BCUT2D eigenvalue weighted by atomic mass is 9.91. The number of nitrogens with zero attached hydrogens (tertiary/aromatic N) is 1. The summed E-state index contributed by atoms with van der Waals surface area (Å²) in [6.45, 7) is 3.65. The van der Waals surface area contributed by atoms with Crippen molar-refractivity contribution in [3.05, 3.63) is 0 Å². The van der Waals surface area contributed by atoms with E-state index in [4.69, 9.17) is 0 Å². The second kappa shape index (κ2) is 5.30. The van der Waals surface area contributed by atoms with Crippen molar-refractivity contribution in [2.45, 2.75) is 32.7 Å². The van der Waals surface area contributed by atoms with Gasteiger partial charge in [-0.25, -0.2) is 4.79 Å². The van der Waals surface area contributed by atoms with Crippen molar-refractivity contribution < 1.29 is 14.4 Å². The third-order valence-electron chi connectivity index (χ3n) is 3.40. The standard InChI is InChI=1S/C12H18N2O3S/c1-7(2)9-10(15)13-12(17)14(11(9)16)8-4-3-5-18-6-8/h7-9H,3-6H2,1-2H3,(H,13,15,17). The Hall–Kier alpha value is -1.04. The van der Waals surface area contributed by atoms with Gasteiger partial charge in [-0.15, -0.1) is 0 Å². The number of hydrogen-bond acceptors (Lipinski definition) is 4. The van der Waals surface area contributed by atoms with E-state index in [1.165, 1.54) is 4.90 Å². The summed E-state index contributed by atoms with van der Waals surface area (Å²) in [5, 5.41) is 2.31. The van der Waals surface area contributed by atoms with E-state index < -0.39 is 17.9 Å². The zero-order chi connectivity index (χ0) is 13.3. The zero-order valence-electron chi connectivity index (χ0n) is 10.6. The molecular formula is C12H18N2O3S. The number of rotatable bonds is 2. The van der Waals surface area contributed by atoms with Crippen molar-refractivity contribution in [3.8, 4) is 0 Å². The van der Waals surface area contributed by atoms with Crippen molar-refractivity contribution in [2.24, 2.45) is 11.8 Å². The molecule has 18 heavy (non-hydrogen) atoms. The van der Waals surface area contributed by atoms with Crippen LogP contribution >= 0.6 is 11.8 Å². The summed E-state index contributed by atoms with van der Waals surface area (Å²) < 4.78 is 0. The van der Waals surface area contributed by atoms with E-state index in [0.29, 0.717) is 0 Å². The van der Waals surface area contributed by atoms with Crippen LogP contribution in [0.1, 0.15) is 26.7 Å². The van der Waals surface area contributed by atoms with Gasteiger partial charge in [-0.3, -0.25) is 19.8 Å². The molecule has 0 aromatic heterocycles. The lowest BCUT2D eigenvalue weighted by Crippen LogP contribution is -2.62. The molecule has 5 nitrogen and oxygen atoms in total. The second-order valence-electron chi connectivity index (χ2n) is 5.10. The Kier molecular flexibility index (Phi) is 3.94. The van der Waals surface area contributed by atoms with Crippen LogP contribution in [0.5, 0.6) is 0 Å². The third-order valence-corrected chi connectivity index (χ3v) is 4.60. The Morgan fingerprint density at radius 2 is 2.06 bits per heavy atom. The number of carbonyl (C=O) groups excluding carboxylic acids is 3. The summed E-state index contributed by atoms with van der Waals surface area (Å²) in [5.74, 6) is 0.245. The van der Waals surface area contributed by atoms with E-state index in [2.05, 4.69) is 5.32 Å². The SMILES string of the molecule is CC(C)C1C(=O)NC(=O)N(C2CCCSC2)C1=O. The van der Waals surface area contributed by atoms with Crippen molar-refractivity contribution in [3.63, 3.8) is 0 Å². The van der Waals surface area contributed by atoms with E-state index in [1.807, 2.05) is 13.8 Å². The van der Waals surface area contributed by atoms with E-state index in [1.54, 1.807) is 11.8 Å². The van der Waals surface area contributed by atoms with Crippen molar-refractivity contribution >= 4 is 29.6 Å². The van der Waals surface area contributed by atoms with Crippen LogP contribution in [-0.4, -0.2) is 40.3 Å². The minimum atomic E-state index is -0.727. The first-order valence-electron chi connectivity index (χ1n) is 6.28. The maximum atomic E-state index is 12.3. The van der Waals surface area contributed by atoms with Crippen LogP contribution in [-0.2, 0) is 9.59 Å². The van der Waals surface area contributed by atoms with E-state index in [9.17, 15) is 14.4 Å². The van der Waals surface area contributed by atoms with Gasteiger partial charge in [0.15, 0.2) is 0 Å². The minimum Gasteiger partial charge on any atom is -0.277 e. The summed E-state index contributed by atoms with van der Waals surface area (Å²) in [7, 11) is 0. The molecule has 0 radical (unpaired) electrons. The first-order valence-corrected chi connectivity index (χ1v) is 7.43. The fourth-order valence-corrected chi connectivity index (χ4v) is 3.59. The summed E-state index contributed by atoms with van der Waals surface area (Å²) in [6.07, 6.45) is 1.85. The van der Waals surface area contributed by atoms with Gasteiger partial charge < -0.3 is 0 Å². The quantitative estimate of drug-likeness (QED) is 0.766. The highest BCUT2D eigenvalue weighted by Gasteiger charge is 2.44. The van der Waals surface area contributed by atoms with Crippen molar-refractivity contribution in [1.29, 1.82) is 0 Å². The van der Waals surface area contributed by atoms with Gasteiger partial charge in [0.05, 0.1) is 6.04 Å². The maximum Gasteiger partial charge on any atom is 0.331 e. The summed E-state index contributed by atoms with van der Waals surface area (Å²) >= 11 is 1.75. The molecule has 2 saturated heterocycles. The second-order valence-corrected chi connectivity index (χ2v) is 6.25. The number of urea groups is 1. The minimum absolute atomic E-state index is 0.0643. The maximum absolute atomic E-state index is 12.3. The van der Waals surface area contributed by atoms with Gasteiger partial charge in [0, 0.05) is 5.75 Å². The van der Waals surface area contributed by atoms with Crippen molar-refractivity contribution in [1.82, 2.24) is 10.2 Å². The van der Waals surface area contributed by atoms with Crippen LogP contribution in [0.3, 0.4) is 0 Å². The molecule has 4 amide bonds. The van der Waals surface area contributed by atoms with Gasteiger partial charge in [-0.2, -0.15) is 11.8 Å². The van der Waals surface area contributed by atoms with Gasteiger partial charge in [0.2, 0.25) is 11.8 Å². The van der Waals surface area contributed by atoms with Crippen LogP contribution in [0.15, 0.2) is 0 Å². The normalized spacial score (nSPS) is 29.7. The predicted octanol–water partition coefficient (Wildman–Crippen LogP) is 1.23. The van der Waals surface area contributed by atoms with Crippen LogP contribution in [0.2, 0.25) is 0 Å². The zero-order valence-corrected chi connectivity index (χ0v) is 11.5. The molecule has 100 valence electrons. The number of carbonyl (C=O) groups is 3. The highest BCUT2D eigenvalue weighted by atomic mass is 32.2. The van der Waals surface area contributed by atoms with Gasteiger partial charge in [-0.1, -0.05) is 13.8 Å². The molecule has 2 aliphatic heterocycles. The molecule has 6 heteroatoms. The topological polar surface area (TPSA) is 66.5 Å². The number of amides is 4. The monoisotopic (exact) mass is 270 g/mol. The fourth-order valence-electron chi connectivity index (χ4n) is 2.47. The van der Waals surface area contributed by atoms with Crippen LogP contribution in [0.25, 0.3) is 0 Å². The molecule has 0 bridgehead atoms. The van der Waals surface area contributed by atoms with Gasteiger partial charge in [-0.05, 0) is 24.5 Å². The summed E-state index contributed by atoms with van der Waals surface area (Å²) in [6, 6.07) is -0.611. The molecule has 0 aromatic carbocycles. The molecule has 0 saturated carbocycles. The molecule has 1 N–H and O–H groups in total. The Bertz CT molecular complexity index is 378. The van der Waals surface area contributed by atoms with E-state index in [-0.39, 0.29) is 17.9 Å². The molecule has 2 atom stereocenters.